The van der Waals surface area contributed by atoms with Crippen LogP contribution in [0, 0.1) is 0 Å². The van der Waals surface area contributed by atoms with Crippen LogP contribution in [-0.2, 0) is 9.13 Å². The van der Waals surface area contributed by atoms with Crippen molar-refractivity contribution in [1.82, 2.24) is 9.97 Å². The second-order valence-electron chi connectivity index (χ2n) is 5.10. The third-order valence-corrected chi connectivity index (χ3v) is 7.40. The van der Waals surface area contributed by atoms with E-state index in [1.54, 1.807) is 35.7 Å². The summed E-state index contributed by atoms with van der Waals surface area (Å²) in [5.41, 5.74) is -1.73. The van der Waals surface area contributed by atoms with Gasteiger partial charge in [-0.2, -0.15) is 0 Å². The number of anilines is 1. The van der Waals surface area contributed by atoms with Gasteiger partial charge in [0.25, 0.3) is 0 Å². The molecule has 0 aliphatic heterocycles. The van der Waals surface area contributed by atoms with Crippen molar-refractivity contribution in [1.29, 1.82) is 0 Å². The topological polar surface area (TPSA) is 153 Å². The molecule has 9 nitrogen and oxygen atoms in total. The molecule has 0 unspecified atom stereocenters. The van der Waals surface area contributed by atoms with Gasteiger partial charge in [0.1, 0.15) is 10.6 Å². The first-order valence-corrected chi connectivity index (χ1v) is 11.1. The molecule has 0 aliphatic carbocycles. The molecule has 0 radical (unpaired) electrons. The molecule has 132 valence electrons. The third kappa shape index (κ3) is 3.96. The van der Waals surface area contributed by atoms with E-state index >= 15 is 0 Å². The minimum absolute atomic E-state index is 0.0539. The predicted molar refractivity (Wildman–Crippen MR) is 94.3 cm³/mol. The molecule has 3 rings (SSSR count). The van der Waals surface area contributed by atoms with Crippen molar-refractivity contribution in [3.05, 3.63) is 41.8 Å². The zero-order valence-corrected chi connectivity index (χ0v) is 15.0. The fourth-order valence-electron chi connectivity index (χ4n) is 2.17. The van der Waals surface area contributed by atoms with Gasteiger partial charge in [-0.05, 0) is 11.4 Å². The Kier molecular flexibility index (Phi) is 4.78. The highest BCUT2D eigenvalue weighted by Crippen LogP contribution is 2.59. The van der Waals surface area contributed by atoms with Crippen LogP contribution in [0.15, 0.2) is 41.8 Å². The molecule has 0 atom stereocenters. The standard InChI is InChI=1S/C13H13N3O6P2S/c17-23(18,19)13(24(20,21)22)16-11-9-6-7-25-12(9)15-10(14-11)8-4-2-1-3-5-8/h1-7,13H,(H,14,15,16)(H2,17,18,19)(H2,20,21,22). The molecule has 1 aromatic carbocycles. The van der Waals surface area contributed by atoms with Gasteiger partial charge in [-0.15, -0.1) is 11.3 Å². The molecule has 3 aromatic rings. The quantitative estimate of drug-likeness (QED) is 0.406. The smallest absolute Gasteiger partial charge is 0.346 e. The lowest BCUT2D eigenvalue weighted by Gasteiger charge is -2.21. The Hall–Kier alpha value is -1.64. The van der Waals surface area contributed by atoms with Crippen LogP contribution in [0.4, 0.5) is 5.82 Å². The van der Waals surface area contributed by atoms with Gasteiger partial charge in [0, 0.05) is 5.56 Å². The minimum atomic E-state index is -5.14. The predicted octanol–water partition coefficient (Wildman–Crippen LogP) is 2.41. The second-order valence-corrected chi connectivity index (χ2v) is 9.79. The molecule has 5 N–H and O–H groups in total. The van der Waals surface area contributed by atoms with Crippen molar-refractivity contribution in [2.75, 3.05) is 5.32 Å². The van der Waals surface area contributed by atoms with Crippen LogP contribution in [0.25, 0.3) is 21.6 Å². The molecular formula is C13H13N3O6P2S. The number of thiophene rings is 1. The largest absolute Gasteiger partial charge is 0.360 e. The highest BCUT2D eigenvalue weighted by Gasteiger charge is 2.44. The molecule has 2 heterocycles. The number of nitrogens with one attached hydrogen (secondary N) is 1. The van der Waals surface area contributed by atoms with Crippen molar-refractivity contribution in [3.63, 3.8) is 0 Å². The summed E-state index contributed by atoms with van der Waals surface area (Å²) in [6, 6.07) is 10.5. The van der Waals surface area contributed by atoms with Crippen molar-refractivity contribution in [2.24, 2.45) is 0 Å². The van der Waals surface area contributed by atoms with E-state index < -0.39 is 20.7 Å². The van der Waals surface area contributed by atoms with E-state index in [1.165, 1.54) is 11.3 Å². The number of rotatable bonds is 5. The summed E-state index contributed by atoms with van der Waals surface area (Å²) < 4.78 is 23.0. The van der Waals surface area contributed by atoms with Gasteiger partial charge in [0.05, 0.1) is 5.39 Å². The zero-order valence-electron chi connectivity index (χ0n) is 12.4. The van der Waals surface area contributed by atoms with Crippen LogP contribution in [0.2, 0.25) is 0 Å². The van der Waals surface area contributed by atoms with Crippen LogP contribution in [0.1, 0.15) is 0 Å². The van der Waals surface area contributed by atoms with E-state index in [2.05, 4.69) is 15.3 Å². The Labute approximate surface area is 145 Å². The summed E-state index contributed by atoms with van der Waals surface area (Å²) in [6.07, 6.45) is 0. The van der Waals surface area contributed by atoms with Gasteiger partial charge in [0.15, 0.2) is 5.82 Å². The van der Waals surface area contributed by atoms with E-state index in [9.17, 15) is 28.7 Å². The summed E-state index contributed by atoms with van der Waals surface area (Å²) in [4.78, 5) is 46.3. The van der Waals surface area contributed by atoms with Gasteiger partial charge in [-0.1, -0.05) is 30.3 Å². The van der Waals surface area contributed by atoms with Crippen molar-refractivity contribution < 1.29 is 28.7 Å². The van der Waals surface area contributed by atoms with E-state index in [0.29, 0.717) is 15.8 Å². The SMILES string of the molecule is O=P(O)(O)C(Nc1nc(-c2ccccc2)nc2sccc12)P(=O)(O)O. The molecule has 0 aliphatic rings. The van der Waals surface area contributed by atoms with E-state index in [4.69, 9.17) is 0 Å². The van der Waals surface area contributed by atoms with Crippen molar-refractivity contribution >= 4 is 42.6 Å². The van der Waals surface area contributed by atoms with E-state index in [-0.39, 0.29) is 11.6 Å². The summed E-state index contributed by atoms with van der Waals surface area (Å²) in [7, 11) is -10.3. The van der Waals surface area contributed by atoms with Crippen LogP contribution < -0.4 is 5.32 Å². The Morgan fingerprint density at radius 1 is 0.960 bits per heavy atom. The number of fused-ring (bicyclic) bond motifs is 1. The second kappa shape index (κ2) is 6.59. The molecule has 25 heavy (non-hydrogen) atoms. The summed E-state index contributed by atoms with van der Waals surface area (Å²) >= 11 is 1.27. The molecule has 0 spiro atoms. The molecule has 0 fully saturated rings. The van der Waals surface area contributed by atoms with Crippen LogP contribution in [0.5, 0.6) is 0 Å². The number of aromatic nitrogens is 2. The van der Waals surface area contributed by atoms with Crippen molar-refractivity contribution in [2.45, 2.75) is 5.52 Å². The van der Waals surface area contributed by atoms with Crippen LogP contribution in [0.3, 0.4) is 0 Å². The van der Waals surface area contributed by atoms with Gasteiger partial charge < -0.3 is 24.9 Å². The van der Waals surface area contributed by atoms with Gasteiger partial charge in [-0.25, -0.2) is 9.97 Å². The highest BCUT2D eigenvalue weighted by molar-refractivity contribution is 7.71. The minimum Gasteiger partial charge on any atom is -0.346 e. The van der Waals surface area contributed by atoms with Crippen molar-refractivity contribution in [3.8, 4) is 11.4 Å². The summed E-state index contributed by atoms with van der Waals surface area (Å²) in [6.45, 7) is 0. The first kappa shape index (κ1) is 18.2. The Morgan fingerprint density at radius 2 is 1.60 bits per heavy atom. The fraction of sp³-hybridized carbons (Fsp3) is 0.0769. The van der Waals surface area contributed by atoms with Gasteiger partial charge in [-0.3, -0.25) is 9.13 Å². The third-order valence-electron chi connectivity index (χ3n) is 3.26. The first-order chi connectivity index (χ1) is 11.7. The number of hydrogen-bond donors (Lipinski definition) is 5. The molecule has 0 amide bonds. The Bertz CT molecular complexity index is 977. The van der Waals surface area contributed by atoms with Crippen LogP contribution >= 0.6 is 26.5 Å². The lowest BCUT2D eigenvalue weighted by Crippen LogP contribution is -2.21. The Morgan fingerprint density at radius 3 is 2.20 bits per heavy atom. The average molecular weight is 401 g/mol. The summed E-state index contributed by atoms with van der Waals surface area (Å²) in [5, 5.41) is 4.34. The molecular weight excluding hydrogens is 388 g/mol. The molecule has 0 saturated heterocycles. The number of benzene rings is 1. The fourth-order valence-corrected chi connectivity index (χ4v) is 5.08. The van der Waals surface area contributed by atoms with Gasteiger partial charge >= 0.3 is 15.2 Å². The first-order valence-electron chi connectivity index (χ1n) is 6.84. The maximum Gasteiger partial charge on any atom is 0.360 e. The lowest BCUT2D eigenvalue weighted by molar-refractivity contribution is 0.343. The Balaban J connectivity index is 2.13. The number of hydrogen-bond acceptors (Lipinski definition) is 6. The molecule has 0 saturated carbocycles. The zero-order chi connectivity index (χ0) is 18.2. The average Bonchev–Trinajstić information content (AvgIpc) is 2.99. The lowest BCUT2D eigenvalue weighted by atomic mass is 10.2. The van der Waals surface area contributed by atoms with Crippen LogP contribution in [-0.4, -0.2) is 35.1 Å². The van der Waals surface area contributed by atoms with E-state index in [0.717, 1.165) is 0 Å². The van der Waals surface area contributed by atoms with Gasteiger partial charge in [0.2, 0.25) is 5.52 Å². The molecule has 0 bridgehead atoms. The molecule has 12 heteroatoms. The molecule has 2 aromatic heterocycles. The normalized spacial score (nSPS) is 12.7. The number of nitrogens with zero attached hydrogens (tertiary/aromatic N) is 2. The monoisotopic (exact) mass is 401 g/mol. The van der Waals surface area contributed by atoms with E-state index in [1.807, 2.05) is 6.07 Å². The maximum atomic E-state index is 11.5. The summed E-state index contributed by atoms with van der Waals surface area (Å²) in [5.74, 6) is 0.218. The maximum absolute atomic E-state index is 11.5. The highest BCUT2D eigenvalue weighted by atomic mass is 32.1.